The quantitative estimate of drug-likeness (QED) is 0.780. The third-order valence-corrected chi connectivity index (χ3v) is 2.48. The number of amides is 2. The molecule has 15 heavy (non-hydrogen) atoms. The van der Waals surface area contributed by atoms with Crippen LogP contribution in [-0.4, -0.2) is 30.4 Å². The van der Waals surface area contributed by atoms with Gasteiger partial charge in [0.25, 0.3) is 0 Å². The molecule has 78 valence electrons. The fourth-order valence-electron chi connectivity index (χ4n) is 1.53. The Morgan fingerprint density at radius 1 is 1.47 bits per heavy atom. The van der Waals surface area contributed by atoms with E-state index in [1.807, 2.05) is 0 Å². The monoisotopic (exact) mass is 223 g/mol. The van der Waals surface area contributed by atoms with Crippen LogP contribution in [-0.2, 0) is 0 Å². The van der Waals surface area contributed by atoms with Crippen LogP contribution in [0.3, 0.4) is 0 Å². The fraction of sp³-hybridized carbons (Fsp3) is 0.200. The number of likely N-dealkylation sites (N-methyl/N-ethyl adjacent to an activating group) is 1. The van der Waals surface area contributed by atoms with Crippen molar-refractivity contribution in [2.45, 2.75) is 0 Å². The first-order valence-corrected chi connectivity index (χ1v) is 4.85. The van der Waals surface area contributed by atoms with E-state index in [-0.39, 0.29) is 11.9 Å². The van der Waals surface area contributed by atoms with E-state index in [0.29, 0.717) is 17.3 Å². The molecule has 2 rings (SSSR count). The smallest absolute Gasteiger partial charge is 0.320 e. The molecule has 1 N–H and O–H groups in total. The van der Waals surface area contributed by atoms with E-state index in [2.05, 4.69) is 0 Å². The van der Waals surface area contributed by atoms with Crippen LogP contribution in [0, 0.1) is 5.41 Å². The Balaban J connectivity index is 2.39. The molecule has 1 aromatic rings. The molecule has 1 aromatic carbocycles. The molecule has 0 atom stereocenters. The molecule has 0 saturated carbocycles. The lowest BCUT2D eigenvalue weighted by Gasteiger charge is -2.15. The minimum atomic E-state index is -0.192. The van der Waals surface area contributed by atoms with Gasteiger partial charge in [-0.05, 0) is 18.2 Å². The third-order valence-electron chi connectivity index (χ3n) is 2.24. The number of urea groups is 1. The van der Waals surface area contributed by atoms with E-state index in [1.165, 1.54) is 9.80 Å². The average molecular weight is 224 g/mol. The lowest BCUT2D eigenvalue weighted by Crippen LogP contribution is -2.31. The van der Waals surface area contributed by atoms with Crippen molar-refractivity contribution < 1.29 is 4.79 Å². The lowest BCUT2D eigenvalue weighted by atomic mass is 10.3. The lowest BCUT2D eigenvalue weighted by molar-refractivity contribution is 0.229. The number of carbonyl (C=O) groups is 1. The molecular weight excluding hydrogens is 214 g/mol. The minimum Gasteiger partial charge on any atom is -0.320 e. The summed E-state index contributed by atoms with van der Waals surface area (Å²) in [7, 11) is 1.67. The number of hydrogen-bond acceptors (Lipinski definition) is 2. The van der Waals surface area contributed by atoms with Gasteiger partial charge in [0.2, 0.25) is 0 Å². The van der Waals surface area contributed by atoms with E-state index in [4.69, 9.17) is 17.0 Å². The van der Waals surface area contributed by atoms with Gasteiger partial charge in [-0.2, -0.15) is 0 Å². The first-order chi connectivity index (χ1) is 7.09. The molecule has 1 aliphatic rings. The normalized spacial score (nSPS) is 16.4. The van der Waals surface area contributed by atoms with Gasteiger partial charge < -0.3 is 4.90 Å². The maximum absolute atomic E-state index is 11.7. The van der Waals surface area contributed by atoms with Crippen LogP contribution in [0.2, 0.25) is 5.02 Å². The van der Waals surface area contributed by atoms with E-state index >= 15 is 0 Å². The molecule has 0 spiro atoms. The Kier molecular flexibility index (Phi) is 2.36. The molecule has 5 heteroatoms. The van der Waals surface area contributed by atoms with Crippen molar-refractivity contribution in [3.05, 3.63) is 29.3 Å². The summed E-state index contributed by atoms with van der Waals surface area (Å²) in [5.74, 6) is 0.268. The number of halogens is 1. The zero-order chi connectivity index (χ0) is 11.0. The number of nitrogens with one attached hydrogen (secondary N) is 1. The van der Waals surface area contributed by atoms with Gasteiger partial charge in [0.05, 0.1) is 12.2 Å². The second-order valence-electron chi connectivity index (χ2n) is 3.40. The molecule has 0 radical (unpaired) electrons. The number of carbonyl (C=O) groups excluding carboxylic acids is 1. The number of anilines is 1. The highest BCUT2D eigenvalue weighted by atomic mass is 35.5. The SMILES string of the molecule is CN1CC(=N)N(c2cccc(Cl)c2)C1=O. The van der Waals surface area contributed by atoms with Crippen LogP contribution in [0.5, 0.6) is 0 Å². The summed E-state index contributed by atoms with van der Waals surface area (Å²) in [6, 6.07) is 6.74. The predicted octanol–water partition coefficient (Wildman–Crippen LogP) is 2.19. The van der Waals surface area contributed by atoms with Gasteiger partial charge in [-0.15, -0.1) is 0 Å². The van der Waals surface area contributed by atoms with Crippen LogP contribution in [0.1, 0.15) is 0 Å². The number of rotatable bonds is 1. The highest BCUT2D eigenvalue weighted by molar-refractivity contribution is 6.31. The Morgan fingerprint density at radius 3 is 2.73 bits per heavy atom. The Labute approximate surface area is 92.6 Å². The molecule has 1 fully saturated rings. The number of hydrogen-bond donors (Lipinski definition) is 1. The summed E-state index contributed by atoms with van der Waals surface area (Å²) in [5, 5.41) is 8.25. The number of benzene rings is 1. The van der Waals surface area contributed by atoms with Gasteiger partial charge in [0, 0.05) is 12.1 Å². The zero-order valence-corrected chi connectivity index (χ0v) is 8.95. The molecule has 0 aromatic heterocycles. The first-order valence-electron chi connectivity index (χ1n) is 4.48. The summed E-state index contributed by atoms with van der Waals surface area (Å²) in [6.07, 6.45) is 0. The van der Waals surface area contributed by atoms with Crippen molar-refractivity contribution in [2.75, 3.05) is 18.5 Å². The van der Waals surface area contributed by atoms with Crippen molar-refractivity contribution in [3.8, 4) is 0 Å². The van der Waals surface area contributed by atoms with Crippen LogP contribution in [0.15, 0.2) is 24.3 Å². The first kappa shape index (κ1) is 9.98. The minimum absolute atomic E-state index is 0.192. The summed E-state index contributed by atoms with van der Waals surface area (Å²) < 4.78 is 0. The van der Waals surface area contributed by atoms with Gasteiger partial charge in [0.15, 0.2) is 0 Å². The van der Waals surface area contributed by atoms with Crippen molar-refractivity contribution in [1.29, 1.82) is 5.41 Å². The molecular formula is C10H10ClN3O. The Morgan fingerprint density at radius 2 is 2.20 bits per heavy atom. The highest BCUT2D eigenvalue weighted by Gasteiger charge is 2.31. The van der Waals surface area contributed by atoms with Gasteiger partial charge in [-0.1, -0.05) is 17.7 Å². The van der Waals surface area contributed by atoms with Crippen molar-refractivity contribution >= 4 is 29.2 Å². The van der Waals surface area contributed by atoms with E-state index in [0.717, 1.165) is 0 Å². The van der Waals surface area contributed by atoms with Crippen LogP contribution < -0.4 is 4.90 Å². The van der Waals surface area contributed by atoms with Gasteiger partial charge in [-0.3, -0.25) is 5.41 Å². The maximum atomic E-state index is 11.7. The van der Waals surface area contributed by atoms with Crippen molar-refractivity contribution in [1.82, 2.24) is 4.90 Å². The Hall–Kier alpha value is -1.55. The molecule has 0 unspecified atom stereocenters. The summed E-state index contributed by atoms with van der Waals surface area (Å²) in [5.41, 5.74) is 0.641. The second-order valence-corrected chi connectivity index (χ2v) is 3.84. The summed E-state index contributed by atoms with van der Waals surface area (Å²) in [6.45, 7) is 0.339. The maximum Gasteiger partial charge on any atom is 0.330 e. The summed E-state index contributed by atoms with van der Waals surface area (Å²) >= 11 is 5.83. The highest BCUT2D eigenvalue weighted by Crippen LogP contribution is 2.23. The molecule has 0 bridgehead atoms. The third kappa shape index (κ3) is 1.68. The van der Waals surface area contributed by atoms with Crippen molar-refractivity contribution in [2.24, 2.45) is 0 Å². The van der Waals surface area contributed by atoms with E-state index in [1.54, 1.807) is 31.3 Å². The molecule has 1 heterocycles. The van der Waals surface area contributed by atoms with Crippen molar-refractivity contribution in [3.63, 3.8) is 0 Å². The standard InChI is InChI=1S/C10H10ClN3O/c1-13-6-9(12)14(10(13)15)8-4-2-3-7(11)5-8/h2-5,12H,6H2,1H3. The zero-order valence-electron chi connectivity index (χ0n) is 8.20. The molecule has 0 aliphatic carbocycles. The predicted molar refractivity (Wildman–Crippen MR) is 59.7 cm³/mol. The van der Waals surface area contributed by atoms with Gasteiger partial charge in [-0.25, -0.2) is 9.69 Å². The van der Waals surface area contributed by atoms with Gasteiger partial charge in [0.1, 0.15) is 5.84 Å². The topological polar surface area (TPSA) is 47.4 Å². The molecule has 1 aliphatic heterocycles. The van der Waals surface area contributed by atoms with E-state index < -0.39 is 0 Å². The van der Waals surface area contributed by atoms with Gasteiger partial charge >= 0.3 is 6.03 Å². The molecule has 1 saturated heterocycles. The van der Waals surface area contributed by atoms with Crippen LogP contribution >= 0.6 is 11.6 Å². The van der Waals surface area contributed by atoms with Crippen LogP contribution in [0.4, 0.5) is 10.5 Å². The molecule has 2 amide bonds. The summed E-state index contributed by atoms with van der Waals surface area (Å²) in [4.78, 5) is 14.5. The molecule has 4 nitrogen and oxygen atoms in total. The Bertz CT molecular complexity index is 432. The second kappa shape index (κ2) is 3.55. The number of amidine groups is 1. The fourth-order valence-corrected chi connectivity index (χ4v) is 1.72. The average Bonchev–Trinajstić information content (AvgIpc) is 2.41. The number of nitrogens with zero attached hydrogens (tertiary/aromatic N) is 2. The largest absolute Gasteiger partial charge is 0.330 e. The van der Waals surface area contributed by atoms with E-state index in [9.17, 15) is 4.79 Å². The van der Waals surface area contributed by atoms with Crippen LogP contribution in [0.25, 0.3) is 0 Å².